The summed E-state index contributed by atoms with van der Waals surface area (Å²) in [5.41, 5.74) is 2.34. The zero-order valence-electron chi connectivity index (χ0n) is 9.56. The maximum atomic E-state index is 11.3. The van der Waals surface area contributed by atoms with Crippen molar-refractivity contribution in [3.05, 3.63) is 41.0 Å². The topological polar surface area (TPSA) is 46.5 Å². The highest BCUT2D eigenvalue weighted by atomic mass is 16.5. The van der Waals surface area contributed by atoms with Crippen molar-refractivity contribution < 1.29 is 14.6 Å². The molecule has 0 bridgehead atoms. The maximum Gasteiger partial charge on any atom is 0.333 e. The van der Waals surface area contributed by atoms with Gasteiger partial charge in [0.25, 0.3) is 0 Å². The summed E-state index contributed by atoms with van der Waals surface area (Å²) >= 11 is 0. The summed E-state index contributed by atoms with van der Waals surface area (Å²) in [7, 11) is 0. The van der Waals surface area contributed by atoms with E-state index in [9.17, 15) is 4.79 Å². The van der Waals surface area contributed by atoms with E-state index in [2.05, 4.69) is 0 Å². The van der Waals surface area contributed by atoms with Gasteiger partial charge < -0.3 is 9.84 Å². The highest BCUT2D eigenvalue weighted by Crippen LogP contribution is 2.10. The molecule has 0 saturated carbocycles. The minimum absolute atomic E-state index is 0.0286. The van der Waals surface area contributed by atoms with E-state index >= 15 is 0 Å². The SMILES string of the molecule is CCOC(=O)/C(C)=C/c1ccc(CO)cc1. The van der Waals surface area contributed by atoms with Crippen LogP contribution in [-0.2, 0) is 16.1 Å². The standard InChI is InChI=1S/C13H16O3/c1-3-16-13(15)10(2)8-11-4-6-12(9-14)7-5-11/h4-8,14H,3,9H2,1-2H3/b10-8+. The van der Waals surface area contributed by atoms with E-state index in [0.29, 0.717) is 12.2 Å². The molecule has 0 aliphatic rings. The fourth-order valence-corrected chi connectivity index (χ4v) is 1.27. The Morgan fingerprint density at radius 1 is 1.38 bits per heavy atom. The number of esters is 1. The fraction of sp³-hybridized carbons (Fsp3) is 0.308. The molecule has 16 heavy (non-hydrogen) atoms. The molecule has 0 saturated heterocycles. The Morgan fingerprint density at radius 2 is 2.00 bits per heavy atom. The lowest BCUT2D eigenvalue weighted by Crippen LogP contribution is -2.04. The van der Waals surface area contributed by atoms with Crippen LogP contribution in [0.3, 0.4) is 0 Å². The number of carbonyl (C=O) groups excluding carboxylic acids is 1. The number of aliphatic hydroxyl groups is 1. The molecule has 1 rings (SSSR count). The second-order valence-electron chi connectivity index (χ2n) is 3.45. The highest BCUT2D eigenvalue weighted by molar-refractivity contribution is 5.92. The molecular weight excluding hydrogens is 204 g/mol. The maximum absolute atomic E-state index is 11.3. The average molecular weight is 220 g/mol. The lowest BCUT2D eigenvalue weighted by atomic mass is 10.1. The normalized spacial score (nSPS) is 11.3. The molecule has 1 aromatic carbocycles. The van der Waals surface area contributed by atoms with Gasteiger partial charge in [-0.1, -0.05) is 24.3 Å². The second-order valence-corrected chi connectivity index (χ2v) is 3.45. The first kappa shape index (κ1) is 12.5. The van der Waals surface area contributed by atoms with Crippen LogP contribution in [0.4, 0.5) is 0 Å². The fourth-order valence-electron chi connectivity index (χ4n) is 1.27. The van der Waals surface area contributed by atoms with Gasteiger partial charge in [-0.3, -0.25) is 0 Å². The Labute approximate surface area is 95.4 Å². The largest absolute Gasteiger partial charge is 0.463 e. The van der Waals surface area contributed by atoms with Crippen molar-refractivity contribution in [2.24, 2.45) is 0 Å². The zero-order chi connectivity index (χ0) is 12.0. The van der Waals surface area contributed by atoms with E-state index in [0.717, 1.165) is 11.1 Å². The van der Waals surface area contributed by atoms with E-state index < -0.39 is 0 Å². The van der Waals surface area contributed by atoms with Gasteiger partial charge in [-0.15, -0.1) is 0 Å². The molecule has 0 aliphatic carbocycles. The third kappa shape index (κ3) is 3.51. The minimum Gasteiger partial charge on any atom is -0.463 e. The lowest BCUT2D eigenvalue weighted by Gasteiger charge is -2.02. The molecule has 0 atom stereocenters. The smallest absolute Gasteiger partial charge is 0.333 e. The van der Waals surface area contributed by atoms with Crippen molar-refractivity contribution in [3.8, 4) is 0 Å². The van der Waals surface area contributed by atoms with Crippen LogP contribution < -0.4 is 0 Å². The summed E-state index contributed by atoms with van der Waals surface area (Å²) < 4.78 is 4.87. The monoisotopic (exact) mass is 220 g/mol. The third-order valence-electron chi connectivity index (χ3n) is 2.14. The molecule has 0 amide bonds. The molecular formula is C13H16O3. The van der Waals surface area contributed by atoms with Gasteiger partial charge in [0.05, 0.1) is 13.2 Å². The van der Waals surface area contributed by atoms with Gasteiger partial charge in [-0.05, 0) is 31.1 Å². The molecule has 0 heterocycles. The van der Waals surface area contributed by atoms with Crippen LogP contribution in [0.15, 0.2) is 29.8 Å². The Hall–Kier alpha value is -1.61. The van der Waals surface area contributed by atoms with Gasteiger partial charge in [0.2, 0.25) is 0 Å². The quantitative estimate of drug-likeness (QED) is 0.624. The molecule has 0 radical (unpaired) electrons. The Bertz CT molecular complexity index is 377. The minimum atomic E-state index is -0.297. The third-order valence-corrected chi connectivity index (χ3v) is 2.14. The Kier molecular flexibility index (Phi) is 4.73. The molecule has 86 valence electrons. The lowest BCUT2D eigenvalue weighted by molar-refractivity contribution is -0.138. The Balaban J connectivity index is 2.77. The molecule has 3 heteroatoms. The van der Waals surface area contributed by atoms with Gasteiger partial charge >= 0.3 is 5.97 Å². The van der Waals surface area contributed by atoms with Crippen molar-refractivity contribution in [2.75, 3.05) is 6.61 Å². The molecule has 0 aliphatic heterocycles. The molecule has 3 nitrogen and oxygen atoms in total. The zero-order valence-corrected chi connectivity index (χ0v) is 9.56. The first-order valence-corrected chi connectivity index (χ1v) is 5.22. The van der Waals surface area contributed by atoms with Gasteiger partial charge in [0, 0.05) is 5.57 Å². The molecule has 0 spiro atoms. The number of hydrogen-bond donors (Lipinski definition) is 1. The molecule has 1 N–H and O–H groups in total. The molecule has 0 unspecified atom stereocenters. The summed E-state index contributed by atoms with van der Waals surface area (Å²) in [5, 5.41) is 8.88. The second kappa shape index (κ2) is 6.08. The summed E-state index contributed by atoms with van der Waals surface area (Å²) in [6.07, 6.45) is 1.76. The summed E-state index contributed by atoms with van der Waals surface area (Å²) in [4.78, 5) is 11.3. The van der Waals surface area contributed by atoms with Crippen molar-refractivity contribution in [3.63, 3.8) is 0 Å². The molecule has 1 aromatic rings. The first-order chi connectivity index (χ1) is 7.67. The number of benzene rings is 1. The van der Waals surface area contributed by atoms with Crippen molar-refractivity contribution in [1.29, 1.82) is 0 Å². The van der Waals surface area contributed by atoms with Gasteiger partial charge in [0.1, 0.15) is 0 Å². The number of hydrogen-bond acceptors (Lipinski definition) is 3. The van der Waals surface area contributed by atoms with Crippen LogP contribution in [0, 0.1) is 0 Å². The summed E-state index contributed by atoms with van der Waals surface area (Å²) in [5.74, 6) is -0.297. The van der Waals surface area contributed by atoms with Crippen molar-refractivity contribution >= 4 is 12.0 Å². The number of carbonyl (C=O) groups is 1. The summed E-state index contributed by atoms with van der Waals surface area (Å²) in [6, 6.07) is 7.36. The van der Waals surface area contributed by atoms with Crippen molar-refractivity contribution in [2.45, 2.75) is 20.5 Å². The predicted molar refractivity (Wildman–Crippen MR) is 62.6 cm³/mol. The van der Waals surface area contributed by atoms with E-state index in [4.69, 9.17) is 9.84 Å². The first-order valence-electron chi connectivity index (χ1n) is 5.22. The van der Waals surface area contributed by atoms with Gasteiger partial charge in [0.15, 0.2) is 0 Å². The van der Waals surface area contributed by atoms with Crippen LogP contribution >= 0.6 is 0 Å². The number of rotatable bonds is 4. The summed E-state index contributed by atoms with van der Waals surface area (Å²) in [6.45, 7) is 3.91. The van der Waals surface area contributed by atoms with Crippen LogP contribution in [0.5, 0.6) is 0 Å². The average Bonchev–Trinajstić information content (AvgIpc) is 2.30. The number of ether oxygens (including phenoxy) is 1. The van der Waals surface area contributed by atoms with E-state index in [1.54, 1.807) is 19.9 Å². The number of aliphatic hydroxyl groups excluding tert-OH is 1. The van der Waals surface area contributed by atoms with Crippen LogP contribution in [0.25, 0.3) is 6.08 Å². The predicted octanol–water partition coefficient (Wildman–Crippen LogP) is 2.15. The van der Waals surface area contributed by atoms with Crippen LogP contribution in [0.1, 0.15) is 25.0 Å². The van der Waals surface area contributed by atoms with Crippen molar-refractivity contribution in [1.82, 2.24) is 0 Å². The van der Waals surface area contributed by atoms with Crippen LogP contribution in [-0.4, -0.2) is 17.7 Å². The van der Waals surface area contributed by atoms with Gasteiger partial charge in [-0.2, -0.15) is 0 Å². The van der Waals surface area contributed by atoms with E-state index in [1.807, 2.05) is 24.3 Å². The molecule has 0 aromatic heterocycles. The molecule has 0 fully saturated rings. The van der Waals surface area contributed by atoms with Crippen LogP contribution in [0.2, 0.25) is 0 Å². The van der Waals surface area contributed by atoms with Gasteiger partial charge in [-0.25, -0.2) is 4.79 Å². The Morgan fingerprint density at radius 3 is 2.50 bits per heavy atom. The highest BCUT2D eigenvalue weighted by Gasteiger charge is 2.03. The van der Waals surface area contributed by atoms with E-state index in [-0.39, 0.29) is 12.6 Å². The van der Waals surface area contributed by atoms with E-state index in [1.165, 1.54) is 0 Å².